The van der Waals surface area contributed by atoms with Gasteiger partial charge in [-0.05, 0) is 30.4 Å². The van der Waals surface area contributed by atoms with Gasteiger partial charge < -0.3 is 10.0 Å². The number of rotatable bonds is 4. The summed E-state index contributed by atoms with van der Waals surface area (Å²) < 4.78 is 1.02. The second-order valence-electron chi connectivity index (χ2n) is 5.64. The summed E-state index contributed by atoms with van der Waals surface area (Å²) in [5, 5.41) is 9.11. The van der Waals surface area contributed by atoms with E-state index in [1.165, 1.54) is 0 Å². The van der Waals surface area contributed by atoms with Crippen molar-refractivity contribution in [3.63, 3.8) is 0 Å². The number of carbonyl (C=O) groups is 2. The molecule has 1 fully saturated rings. The molecular formula is C16H20BrNO3. The van der Waals surface area contributed by atoms with Gasteiger partial charge in [-0.15, -0.1) is 0 Å². The number of benzene rings is 1. The Morgan fingerprint density at radius 1 is 1.38 bits per heavy atom. The highest BCUT2D eigenvalue weighted by Gasteiger charge is 2.32. The van der Waals surface area contributed by atoms with Gasteiger partial charge >= 0.3 is 5.97 Å². The molecule has 114 valence electrons. The summed E-state index contributed by atoms with van der Waals surface area (Å²) in [5.41, 5.74) is 1.12. The standard InChI is InChI=1S/C16H20BrNO3/c1-11-10-18(9-8-13(11)16(20)21)15(19)7-6-12-4-2-3-5-14(12)17/h2-5,11,13H,6-10H2,1H3,(H,20,21). The summed E-state index contributed by atoms with van der Waals surface area (Å²) in [6, 6.07) is 7.90. The predicted molar refractivity (Wildman–Crippen MR) is 83.9 cm³/mol. The van der Waals surface area contributed by atoms with Crippen LogP contribution in [-0.4, -0.2) is 35.0 Å². The van der Waals surface area contributed by atoms with Crippen LogP contribution >= 0.6 is 15.9 Å². The van der Waals surface area contributed by atoms with Crippen molar-refractivity contribution in [3.05, 3.63) is 34.3 Å². The van der Waals surface area contributed by atoms with E-state index in [0.717, 1.165) is 10.0 Å². The van der Waals surface area contributed by atoms with Gasteiger partial charge in [0.1, 0.15) is 0 Å². The van der Waals surface area contributed by atoms with Crippen LogP contribution in [0.4, 0.5) is 0 Å². The second kappa shape index (κ2) is 7.07. The first-order valence-electron chi connectivity index (χ1n) is 7.23. The van der Waals surface area contributed by atoms with Gasteiger partial charge in [0, 0.05) is 24.0 Å². The number of nitrogens with zero attached hydrogens (tertiary/aromatic N) is 1. The number of aryl methyl sites for hydroxylation is 1. The van der Waals surface area contributed by atoms with Crippen LogP contribution in [0.2, 0.25) is 0 Å². The van der Waals surface area contributed by atoms with E-state index >= 15 is 0 Å². The molecule has 2 unspecified atom stereocenters. The van der Waals surface area contributed by atoms with Crippen LogP contribution in [-0.2, 0) is 16.0 Å². The first-order valence-corrected chi connectivity index (χ1v) is 8.02. The number of piperidine rings is 1. The van der Waals surface area contributed by atoms with Crippen LogP contribution in [0.3, 0.4) is 0 Å². The van der Waals surface area contributed by atoms with Crippen molar-refractivity contribution in [3.8, 4) is 0 Å². The minimum atomic E-state index is -0.747. The van der Waals surface area contributed by atoms with Gasteiger partial charge in [0.05, 0.1) is 5.92 Å². The molecule has 0 bridgehead atoms. The quantitative estimate of drug-likeness (QED) is 0.905. The molecule has 2 rings (SSSR count). The Morgan fingerprint density at radius 2 is 2.10 bits per heavy atom. The van der Waals surface area contributed by atoms with E-state index in [1.54, 1.807) is 4.90 Å². The fourth-order valence-electron chi connectivity index (χ4n) is 2.84. The lowest BCUT2D eigenvalue weighted by Gasteiger charge is -2.35. The Labute approximate surface area is 133 Å². The zero-order valence-electron chi connectivity index (χ0n) is 12.1. The normalized spacial score (nSPS) is 22.1. The zero-order chi connectivity index (χ0) is 15.4. The van der Waals surface area contributed by atoms with E-state index in [9.17, 15) is 9.59 Å². The average molecular weight is 354 g/mol. The molecule has 0 aromatic heterocycles. The fourth-order valence-corrected chi connectivity index (χ4v) is 3.32. The first-order chi connectivity index (χ1) is 9.99. The number of amides is 1. The molecule has 0 saturated carbocycles. The Bertz CT molecular complexity index is 532. The first kappa shape index (κ1) is 16.0. The number of halogens is 1. The van der Waals surface area contributed by atoms with Crippen LogP contribution in [0.25, 0.3) is 0 Å². The largest absolute Gasteiger partial charge is 0.481 e. The van der Waals surface area contributed by atoms with Crippen molar-refractivity contribution < 1.29 is 14.7 Å². The third-order valence-electron chi connectivity index (χ3n) is 4.14. The number of carboxylic acid groups (broad SMARTS) is 1. The van der Waals surface area contributed by atoms with E-state index in [-0.39, 0.29) is 17.7 Å². The van der Waals surface area contributed by atoms with Crippen LogP contribution < -0.4 is 0 Å². The number of hydrogen-bond donors (Lipinski definition) is 1. The van der Waals surface area contributed by atoms with Gasteiger partial charge in [-0.2, -0.15) is 0 Å². The van der Waals surface area contributed by atoms with E-state index in [4.69, 9.17) is 5.11 Å². The van der Waals surface area contributed by atoms with Crippen LogP contribution in [0.15, 0.2) is 28.7 Å². The van der Waals surface area contributed by atoms with Gasteiger partial charge in [0.2, 0.25) is 5.91 Å². The summed E-state index contributed by atoms with van der Waals surface area (Å²) in [6.45, 7) is 3.01. The molecular weight excluding hydrogens is 334 g/mol. The molecule has 0 aliphatic carbocycles. The van der Waals surface area contributed by atoms with Gasteiger partial charge in [-0.1, -0.05) is 41.1 Å². The maximum absolute atomic E-state index is 12.3. The van der Waals surface area contributed by atoms with E-state index < -0.39 is 5.97 Å². The number of carboxylic acids is 1. The molecule has 1 aromatic rings. The molecule has 4 nitrogen and oxygen atoms in total. The predicted octanol–water partition coefficient (Wildman–Crippen LogP) is 2.95. The number of carbonyl (C=O) groups excluding carboxylic acids is 1. The summed E-state index contributed by atoms with van der Waals surface area (Å²) in [5.74, 6) is -0.940. The fraction of sp³-hybridized carbons (Fsp3) is 0.500. The molecule has 1 saturated heterocycles. The average Bonchev–Trinajstić information content (AvgIpc) is 2.45. The summed E-state index contributed by atoms with van der Waals surface area (Å²) in [4.78, 5) is 25.2. The van der Waals surface area contributed by atoms with Gasteiger partial charge in [0.15, 0.2) is 0 Å². The Hall–Kier alpha value is -1.36. The Morgan fingerprint density at radius 3 is 2.71 bits per heavy atom. The molecule has 21 heavy (non-hydrogen) atoms. The van der Waals surface area contributed by atoms with Gasteiger partial charge in [0.25, 0.3) is 0 Å². The summed E-state index contributed by atoms with van der Waals surface area (Å²) >= 11 is 3.49. The number of hydrogen-bond acceptors (Lipinski definition) is 2. The molecule has 0 spiro atoms. The van der Waals surface area contributed by atoms with Crippen molar-refractivity contribution in [1.82, 2.24) is 4.90 Å². The lowest BCUT2D eigenvalue weighted by atomic mass is 9.87. The highest BCUT2D eigenvalue weighted by atomic mass is 79.9. The molecule has 1 heterocycles. The maximum Gasteiger partial charge on any atom is 0.306 e. The molecule has 1 aliphatic rings. The Balaban J connectivity index is 1.87. The molecule has 1 N–H and O–H groups in total. The number of likely N-dealkylation sites (tertiary alicyclic amines) is 1. The zero-order valence-corrected chi connectivity index (χ0v) is 13.7. The van der Waals surface area contributed by atoms with E-state index in [0.29, 0.717) is 32.4 Å². The van der Waals surface area contributed by atoms with E-state index in [1.807, 2.05) is 31.2 Å². The highest BCUT2D eigenvalue weighted by Crippen LogP contribution is 2.24. The third kappa shape index (κ3) is 4.06. The van der Waals surface area contributed by atoms with Crippen molar-refractivity contribution >= 4 is 27.8 Å². The van der Waals surface area contributed by atoms with Crippen molar-refractivity contribution in [2.75, 3.05) is 13.1 Å². The lowest BCUT2D eigenvalue weighted by Crippen LogP contribution is -2.45. The minimum absolute atomic E-state index is 0.0173. The van der Waals surface area contributed by atoms with Crippen LogP contribution in [0.5, 0.6) is 0 Å². The monoisotopic (exact) mass is 353 g/mol. The van der Waals surface area contributed by atoms with E-state index in [2.05, 4.69) is 15.9 Å². The van der Waals surface area contributed by atoms with Crippen molar-refractivity contribution in [1.29, 1.82) is 0 Å². The molecule has 5 heteroatoms. The lowest BCUT2D eigenvalue weighted by molar-refractivity contribution is -0.148. The highest BCUT2D eigenvalue weighted by molar-refractivity contribution is 9.10. The minimum Gasteiger partial charge on any atom is -0.481 e. The Kier molecular flexibility index (Phi) is 5.39. The second-order valence-corrected chi connectivity index (χ2v) is 6.50. The summed E-state index contributed by atoms with van der Waals surface area (Å²) in [6.07, 6.45) is 1.72. The van der Waals surface area contributed by atoms with Crippen molar-refractivity contribution in [2.24, 2.45) is 11.8 Å². The molecule has 2 atom stereocenters. The van der Waals surface area contributed by atoms with Crippen LogP contribution in [0, 0.1) is 11.8 Å². The maximum atomic E-state index is 12.3. The smallest absolute Gasteiger partial charge is 0.306 e. The van der Waals surface area contributed by atoms with Crippen molar-refractivity contribution in [2.45, 2.75) is 26.2 Å². The molecule has 0 radical (unpaired) electrons. The van der Waals surface area contributed by atoms with Crippen LogP contribution in [0.1, 0.15) is 25.3 Å². The molecule has 1 amide bonds. The number of aliphatic carboxylic acids is 1. The topological polar surface area (TPSA) is 57.6 Å². The van der Waals surface area contributed by atoms with Gasteiger partial charge in [-0.3, -0.25) is 9.59 Å². The molecule has 1 aromatic carbocycles. The summed E-state index contributed by atoms with van der Waals surface area (Å²) in [7, 11) is 0. The molecule has 1 aliphatic heterocycles. The van der Waals surface area contributed by atoms with Gasteiger partial charge in [-0.25, -0.2) is 0 Å². The third-order valence-corrected chi connectivity index (χ3v) is 4.91. The SMILES string of the molecule is CC1CN(C(=O)CCc2ccccc2Br)CCC1C(=O)O.